The molecule has 9 nitrogen and oxygen atoms in total. The summed E-state index contributed by atoms with van der Waals surface area (Å²) < 4.78 is 25.8. The van der Waals surface area contributed by atoms with E-state index in [0.717, 1.165) is 0 Å². The number of ether oxygens (including phenoxy) is 5. The van der Waals surface area contributed by atoms with Gasteiger partial charge < -0.3 is 23.7 Å². The number of benzene rings is 2. The molecule has 0 spiro atoms. The van der Waals surface area contributed by atoms with Crippen LogP contribution in [0.15, 0.2) is 36.4 Å². The molecule has 32 heavy (non-hydrogen) atoms. The van der Waals surface area contributed by atoms with E-state index in [0.29, 0.717) is 5.56 Å². The molecule has 0 heterocycles. The van der Waals surface area contributed by atoms with Gasteiger partial charge in [0.15, 0.2) is 28.8 Å². The van der Waals surface area contributed by atoms with Crippen LogP contribution in [0.1, 0.15) is 42.6 Å². The summed E-state index contributed by atoms with van der Waals surface area (Å²) in [5, 5.41) is 0. The molecule has 2 aromatic rings. The average Bonchev–Trinajstić information content (AvgIpc) is 2.73. The number of ketones is 1. The van der Waals surface area contributed by atoms with E-state index in [1.54, 1.807) is 6.07 Å². The molecular weight excluding hydrogens is 420 g/mol. The van der Waals surface area contributed by atoms with Gasteiger partial charge in [0.25, 0.3) is 0 Å². The van der Waals surface area contributed by atoms with E-state index in [4.69, 9.17) is 23.7 Å². The van der Waals surface area contributed by atoms with Crippen molar-refractivity contribution in [1.29, 1.82) is 0 Å². The topological polar surface area (TPSA) is 114 Å². The van der Waals surface area contributed by atoms with E-state index >= 15 is 0 Å². The molecule has 1 unspecified atom stereocenters. The summed E-state index contributed by atoms with van der Waals surface area (Å²) in [4.78, 5) is 47.3. The van der Waals surface area contributed by atoms with Crippen molar-refractivity contribution in [3.05, 3.63) is 47.5 Å². The number of esters is 3. The maximum atomic E-state index is 13.3. The first kappa shape index (κ1) is 24.4. The Kier molecular flexibility index (Phi) is 8.34. The minimum atomic E-state index is -0.886. The lowest BCUT2D eigenvalue weighted by Gasteiger charge is -2.19. The Morgan fingerprint density at radius 1 is 0.719 bits per heavy atom. The number of methoxy groups -OCH3 is 2. The molecule has 9 heteroatoms. The monoisotopic (exact) mass is 444 g/mol. The highest BCUT2D eigenvalue weighted by molar-refractivity contribution is 6.02. The fourth-order valence-corrected chi connectivity index (χ4v) is 2.93. The predicted molar refractivity (Wildman–Crippen MR) is 112 cm³/mol. The molecular formula is C23H24O9. The van der Waals surface area contributed by atoms with E-state index in [1.165, 1.54) is 65.3 Å². The summed E-state index contributed by atoms with van der Waals surface area (Å²) >= 11 is 0. The second-order valence-corrected chi connectivity index (χ2v) is 6.68. The standard InChI is InChI=1S/C23H24O9/c1-13(24)30-12-18(16-6-8-19(31-14(2)25)21(10-16)28-4)23(27)17-7-9-20(32-15(3)26)22(11-17)29-5/h6-11,18H,12H2,1-5H3. The van der Waals surface area contributed by atoms with Gasteiger partial charge in [-0.1, -0.05) is 6.07 Å². The Morgan fingerprint density at radius 3 is 1.75 bits per heavy atom. The van der Waals surface area contributed by atoms with Gasteiger partial charge in [0.1, 0.15) is 6.61 Å². The van der Waals surface area contributed by atoms with Gasteiger partial charge in [0.05, 0.1) is 20.1 Å². The normalized spacial score (nSPS) is 11.2. The zero-order valence-corrected chi connectivity index (χ0v) is 18.4. The molecule has 0 saturated heterocycles. The van der Waals surface area contributed by atoms with Crippen molar-refractivity contribution >= 4 is 23.7 Å². The number of hydrogen-bond acceptors (Lipinski definition) is 9. The molecule has 2 rings (SSSR count). The number of rotatable bonds is 9. The minimum Gasteiger partial charge on any atom is -0.493 e. The summed E-state index contributed by atoms with van der Waals surface area (Å²) in [5.74, 6) is -2.08. The van der Waals surface area contributed by atoms with Crippen molar-refractivity contribution in [3.63, 3.8) is 0 Å². The molecule has 2 aromatic carbocycles. The lowest BCUT2D eigenvalue weighted by Crippen LogP contribution is -2.20. The fourth-order valence-electron chi connectivity index (χ4n) is 2.93. The highest BCUT2D eigenvalue weighted by atomic mass is 16.6. The van der Waals surface area contributed by atoms with Crippen LogP contribution in [0.3, 0.4) is 0 Å². The van der Waals surface area contributed by atoms with Crippen LogP contribution < -0.4 is 18.9 Å². The highest BCUT2D eigenvalue weighted by Crippen LogP contribution is 2.34. The molecule has 0 fully saturated rings. The van der Waals surface area contributed by atoms with E-state index in [2.05, 4.69) is 0 Å². The van der Waals surface area contributed by atoms with Gasteiger partial charge in [0.2, 0.25) is 0 Å². The molecule has 0 amide bonds. The van der Waals surface area contributed by atoms with Crippen LogP contribution in [-0.2, 0) is 19.1 Å². The fraction of sp³-hybridized carbons (Fsp3) is 0.304. The number of carbonyl (C=O) groups is 4. The second-order valence-electron chi connectivity index (χ2n) is 6.68. The average molecular weight is 444 g/mol. The van der Waals surface area contributed by atoms with Crippen molar-refractivity contribution in [2.24, 2.45) is 0 Å². The summed E-state index contributed by atoms with van der Waals surface area (Å²) in [6.07, 6.45) is 0. The van der Waals surface area contributed by atoms with E-state index < -0.39 is 23.8 Å². The van der Waals surface area contributed by atoms with Crippen LogP contribution in [0, 0.1) is 0 Å². The molecule has 0 aliphatic heterocycles. The smallest absolute Gasteiger partial charge is 0.308 e. The Labute approximate surface area is 185 Å². The van der Waals surface area contributed by atoms with E-state index in [9.17, 15) is 19.2 Å². The lowest BCUT2D eigenvalue weighted by atomic mass is 9.90. The summed E-state index contributed by atoms with van der Waals surface area (Å²) in [5.41, 5.74) is 0.727. The number of hydrogen-bond donors (Lipinski definition) is 0. The summed E-state index contributed by atoms with van der Waals surface area (Å²) in [7, 11) is 2.78. The van der Waals surface area contributed by atoms with Crippen LogP contribution in [0.4, 0.5) is 0 Å². The van der Waals surface area contributed by atoms with Gasteiger partial charge in [0, 0.05) is 26.3 Å². The minimum absolute atomic E-state index is 0.167. The third-order valence-electron chi connectivity index (χ3n) is 4.32. The van der Waals surface area contributed by atoms with Crippen LogP contribution in [0.25, 0.3) is 0 Å². The molecule has 0 radical (unpaired) electrons. The molecule has 1 atom stereocenters. The molecule has 0 saturated carbocycles. The Bertz CT molecular complexity index is 1030. The van der Waals surface area contributed by atoms with Crippen molar-refractivity contribution in [2.75, 3.05) is 20.8 Å². The Hall–Kier alpha value is -3.88. The molecule has 0 bridgehead atoms. The van der Waals surface area contributed by atoms with E-state index in [-0.39, 0.29) is 41.0 Å². The zero-order chi connectivity index (χ0) is 23.8. The largest absolute Gasteiger partial charge is 0.493 e. The highest BCUT2D eigenvalue weighted by Gasteiger charge is 2.26. The summed E-state index contributed by atoms with van der Waals surface area (Å²) in [6, 6.07) is 8.97. The maximum Gasteiger partial charge on any atom is 0.308 e. The first-order chi connectivity index (χ1) is 15.2. The van der Waals surface area contributed by atoms with Gasteiger partial charge in [-0.2, -0.15) is 0 Å². The van der Waals surface area contributed by atoms with Gasteiger partial charge in [-0.15, -0.1) is 0 Å². The van der Waals surface area contributed by atoms with Gasteiger partial charge in [-0.25, -0.2) is 0 Å². The SMILES string of the molecule is COc1cc(C(=O)C(COC(C)=O)c2ccc(OC(C)=O)c(OC)c2)ccc1OC(C)=O. The van der Waals surface area contributed by atoms with Gasteiger partial charge in [-0.05, 0) is 35.9 Å². The first-order valence-electron chi connectivity index (χ1n) is 9.56. The van der Waals surface area contributed by atoms with Crippen molar-refractivity contribution in [3.8, 4) is 23.0 Å². The van der Waals surface area contributed by atoms with Gasteiger partial charge in [-0.3, -0.25) is 19.2 Å². The molecule has 0 aliphatic carbocycles. The summed E-state index contributed by atoms with van der Waals surface area (Å²) in [6.45, 7) is 3.52. The van der Waals surface area contributed by atoms with Crippen LogP contribution in [-0.4, -0.2) is 44.5 Å². The van der Waals surface area contributed by atoms with Crippen molar-refractivity contribution in [1.82, 2.24) is 0 Å². The predicted octanol–water partition coefficient (Wildman–Crippen LogP) is 3.08. The van der Waals surface area contributed by atoms with E-state index in [1.807, 2.05) is 0 Å². The van der Waals surface area contributed by atoms with Crippen molar-refractivity contribution in [2.45, 2.75) is 26.7 Å². The third kappa shape index (κ3) is 6.31. The Morgan fingerprint density at radius 2 is 1.25 bits per heavy atom. The van der Waals surface area contributed by atoms with Crippen molar-refractivity contribution < 1.29 is 42.9 Å². The molecule has 0 aliphatic rings. The first-order valence-corrected chi connectivity index (χ1v) is 9.56. The number of carbonyl (C=O) groups excluding carboxylic acids is 4. The molecule has 0 N–H and O–H groups in total. The van der Waals surface area contributed by atoms with Gasteiger partial charge >= 0.3 is 17.9 Å². The molecule has 170 valence electrons. The molecule has 0 aromatic heterocycles. The quantitative estimate of drug-likeness (QED) is 0.327. The van der Waals surface area contributed by atoms with Crippen LogP contribution >= 0.6 is 0 Å². The second kappa shape index (κ2) is 10.9. The third-order valence-corrected chi connectivity index (χ3v) is 4.32. The van der Waals surface area contributed by atoms with Crippen LogP contribution in [0.2, 0.25) is 0 Å². The number of Topliss-reactive ketones (excluding diaryl/α,β-unsaturated/α-hetero) is 1. The zero-order valence-electron chi connectivity index (χ0n) is 18.4. The lowest BCUT2D eigenvalue weighted by molar-refractivity contribution is -0.141. The van der Waals surface area contributed by atoms with Crippen LogP contribution in [0.5, 0.6) is 23.0 Å². The maximum absolute atomic E-state index is 13.3. The Balaban J connectivity index is 2.46.